The van der Waals surface area contributed by atoms with E-state index in [1.807, 2.05) is 6.07 Å². The van der Waals surface area contributed by atoms with Crippen LogP contribution in [0.5, 0.6) is 0 Å². The molecular weight excluding hydrogens is 296 g/mol. The van der Waals surface area contributed by atoms with Gasteiger partial charge in [0.15, 0.2) is 0 Å². The number of carbonyl (C=O) groups is 1. The van der Waals surface area contributed by atoms with Gasteiger partial charge < -0.3 is 5.11 Å². The molecule has 0 saturated heterocycles. The summed E-state index contributed by atoms with van der Waals surface area (Å²) in [6, 6.07) is 22.5. The van der Waals surface area contributed by atoms with Gasteiger partial charge in [0.2, 0.25) is 0 Å². The minimum absolute atomic E-state index is 0.318. The summed E-state index contributed by atoms with van der Waals surface area (Å²) in [5.74, 6) is -0.896. The van der Waals surface area contributed by atoms with Crippen LogP contribution in [-0.2, 0) is 12.8 Å². The smallest absolute Gasteiger partial charge is 0.335 e. The van der Waals surface area contributed by atoms with Crippen LogP contribution in [-0.4, -0.2) is 11.1 Å². The van der Waals surface area contributed by atoms with E-state index in [1.165, 1.54) is 11.1 Å². The molecule has 0 unspecified atom stereocenters. The van der Waals surface area contributed by atoms with E-state index in [9.17, 15) is 9.90 Å². The van der Waals surface area contributed by atoms with E-state index in [-0.39, 0.29) is 0 Å². The maximum Gasteiger partial charge on any atom is 0.335 e. The van der Waals surface area contributed by atoms with Crippen LogP contribution in [0.1, 0.15) is 27.9 Å². The molecule has 0 fully saturated rings. The lowest BCUT2D eigenvalue weighted by atomic mass is 9.92. The lowest BCUT2D eigenvalue weighted by molar-refractivity contribution is 0.0697. The molecule has 7 rings (SSSR count). The number of rotatable bonds is 1. The lowest BCUT2D eigenvalue weighted by Crippen LogP contribution is -1.97. The summed E-state index contributed by atoms with van der Waals surface area (Å²) in [6.45, 7) is 0. The first-order chi connectivity index (χ1) is 11.7. The van der Waals surface area contributed by atoms with Crippen molar-refractivity contribution < 1.29 is 9.90 Å². The Balaban J connectivity index is 1.96. The minimum atomic E-state index is -0.896. The highest BCUT2D eigenvalue weighted by molar-refractivity contribution is 5.93. The molecule has 0 aliphatic heterocycles. The molecule has 0 heterocycles. The Morgan fingerprint density at radius 1 is 0.708 bits per heavy atom. The molecule has 0 radical (unpaired) electrons. The zero-order chi connectivity index (χ0) is 16.5. The second-order valence-electron chi connectivity index (χ2n) is 6.31. The monoisotopic (exact) mass is 314 g/mol. The Morgan fingerprint density at radius 3 is 1.79 bits per heavy atom. The molecule has 3 aromatic carbocycles. The van der Waals surface area contributed by atoms with Crippen molar-refractivity contribution in [1.82, 2.24) is 0 Å². The van der Waals surface area contributed by atoms with Gasteiger partial charge in [0, 0.05) is 0 Å². The first kappa shape index (κ1) is 14.7. The Hall–Kier alpha value is -2.87. The summed E-state index contributed by atoms with van der Waals surface area (Å²) in [5.41, 5.74) is 7.20. The van der Waals surface area contributed by atoms with E-state index in [0.29, 0.717) is 5.56 Å². The topological polar surface area (TPSA) is 37.3 Å². The predicted molar refractivity (Wildman–Crippen MR) is 96.3 cm³/mol. The molecule has 24 heavy (non-hydrogen) atoms. The van der Waals surface area contributed by atoms with E-state index in [1.54, 1.807) is 12.1 Å². The van der Waals surface area contributed by atoms with Gasteiger partial charge in [-0.15, -0.1) is 0 Å². The number of benzene rings is 3. The molecule has 1 N–H and O–H groups in total. The van der Waals surface area contributed by atoms with Gasteiger partial charge in [-0.1, -0.05) is 54.6 Å². The summed E-state index contributed by atoms with van der Waals surface area (Å²) >= 11 is 0. The van der Waals surface area contributed by atoms with Gasteiger partial charge in [-0.05, 0) is 64.8 Å². The molecule has 0 spiro atoms. The molecule has 3 aromatic rings. The third kappa shape index (κ3) is 2.71. The van der Waals surface area contributed by atoms with Gasteiger partial charge in [-0.25, -0.2) is 4.79 Å². The van der Waals surface area contributed by atoms with E-state index in [0.717, 1.165) is 41.5 Å². The third-order valence-electron chi connectivity index (χ3n) is 4.73. The molecule has 2 nitrogen and oxygen atoms in total. The average molecular weight is 314 g/mol. The molecule has 0 amide bonds. The summed E-state index contributed by atoms with van der Waals surface area (Å²) in [7, 11) is 0. The van der Waals surface area contributed by atoms with Crippen LogP contribution in [0.15, 0.2) is 66.7 Å². The van der Waals surface area contributed by atoms with Crippen molar-refractivity contribution >= 4 is 5.97 Å². The molecule has 0 aromatic heterocycles. The first-order valence-electron chi connectivity index (χ1n) is 8.27. The van der Waals surface area contributed by atoms with Gasteiger partial charge >= 0.3 is 5.97 Å². The number of carboxylic acids is 1. The summed E-state index contributed by atoms with van der Waals surface area (Å²) in [5, 5.41) is 9.34. The highest BCUT2D eigenvalue weighted by atomic mass is 16.4. The fourth-order valence-electron chi connectivity index (χ4n) is 3.37. The van der Waals surface area contributed by atoms with Gasteiger partial charge in [-0.2, -0.15) is 0 Å². The molecule has 0 saturated carbocycles. The van der Waals surface area contributed by atoms with Crippen molar-refractivity contribution in [2.45, 2.75) is 19.3 Å². The molecule has 4 aliphatic carbocycles. The second-order valence-corrected chi connectivity index (χ2v) is 6.31. The minimum Gasteiger partial charge on any atom is -0.478 e. The summed E-state index contributed by atoms with van der Waals surface area (Å²) in [4.78, 5) is 11.4. The third-order valence-corrected chi connectivity index (χ3v) is 4.73. The van der Waals surface area contributed by atoms with Crippen LogP contribution >= 0.6 is 0 Å². The Morgan fingerprint density at radius 2 is 1.25 bits per heavy atom. The van der Waals surface area contributed by atoms with Crippen molar-refractivity contribution in [3.8, 4) is 22.3 Å². The SMILES string of the molecule is O=C(O)c1ccc2c(c1)-c1ccc(cc1)CCCc1ccc-2cc1. The Labute approximate surface area is 141 Å². The average Bonchev–Trinajstić information content (AvgIpc) is 2.65. The van der Waals surface area contributed by atoms with E-state index in [4.69, 9.17) is 0 Å². The maximum absolute atomic E-state index is 11.4. The molecule has 4 aliphatic rings. The van der Waals surface area contributed by atoms with Gasteiger partial charge in [0.1, 0.15) is 0 Å². The standard InChI is InChI=1S/C22H18O2/c23-22(24)19-12-13-20-17-8-4-15(5-9-17)2-1-3-16-6-10-18(11-7-16)21(20)14-19/h4-14H,1-3H2,(H,23,24). The van der Waals surface area contributed by atoms with Crippen molar-refractivity contribution in [3.63, 3.8) is 0 Å². The van der Waals surface area contributed by atoms with Crippen LogP contribution in [0.3, 0.4) is 0 Å². The second kappa shape index (κ2) is 5.97. The normalized spacial score (nSPS) is 12.8. The highest BCUT2D eigenvalue weighted by Gasteiger charge is 2.12. The zero-order valence-electron chi connectivity index (χ0n) is 13.3. The molecule has 118 valence electrons. The maximum atomic E-state index is 11.4. The molecule has 4 bridgehead atoms. The van der Waals surface area contributed by atoms with E-state index in [2.05, 4.69) is 48.5 Å². The van der Waals surface area contributed by atoms with Crippen LogP contribution in [0, 0.1) is 0 Å². The predicted octanol–water partition coefficient (Wildman–Crippen LogP) is 5.21. The quantitative estimate of drug-likeness (QED) is 0.669. The lowest BCUT2D eigenvalue weighted by Gasteiger charge is -2.12. The number of aryl methyl sites for hydroxylation is 2. The van der Waals surface area contributed by atoms with Gasteiger partial charge in [0.05, 0.1) is 5.56 Å². The summed E-state index contributed by atoms with van der Waals surface area (Å²) < 4.78 is 0. The number of hydrogen-bond acceptors (Lipinski definition) is 1. The van der Waals surface area contributed by atoms with E-state index < -0.39 is 5.97 Å². The number of hydrogen-bond donors (Lipinski definition) is 1. The van der Waals surface area contributed by atoms with Crippen molar-refractivity contribution in [1.29, 1.82) is 0 Å². The molecule has 2 heteroatoms. The van der Waals surface area contributed by atoms with Crippen molar-refractivity contribution in [2.75, 3.05) is 0 Å². The van der Waals surface area contributed by atoms with Gasteiger partial charge in [-0.3, -0.25) is 0 Å². The van der Waals surface area contributed by atoms with Crippen LogP contribution in [0.25, 0.3) is 22.3 Å². The molecular formula is C22H18O2. The largest absolute Gasteiger partial charge is 0.478 e. The van der Waals surface area contributed by atoms with Crippen molar-refractivity contribution in [2.24, 2.45) is 0 Å². The van der Waals surface area contributed by atoms with Crippen LogP contribution in [0.2, 0.25) is 0 Å². The zero-order valence-corrected chi connectivity index (χ0v) is 13.3. The number of aromatic carboxylic acids is 1. The highest BCUT2D eigenvalue weighted by Crippen LogP contribution is 2.34. The number of carboxylic acid groups (broad SMARTS) is 1. The van der Waals surface area contributed by atoms with Crippen LogP contribution < -0.4 is 0 Å². The Bertz CT molecular complexity index is 890. The van der Waals surface area contributed by atoms with Crippen molar-refractivity contribution in [3.05, 3.63) is 83.4 Å². The fraction of sp³-hybridized carbons (Fsp3) is 0.136. The van der Waals surface area contributed by atoms with E-state index >= 15 is 0 Å². The fourth-order valence-corrected chi connectivity index (χ4v) is 3.37. The van der Waals surface area contributed by atoms with Gasteiger partial charge in [0.25, 0.3) is 0 Å². The first-order valence-corrected chi connectivity index (χ1v) is 8.27. The molecule has 0 atom stereocenters. The Kier molecular flexibility index (Phi) is 3.66. The van der Waals surface area contributed by atoms with Crippen LogP contribution in [0.4, 0.5) is 0 Å². The summed E-state index contributed by atoms with van der Waals surface area (Å²) in [6.07, 6.45) is 3.27.